The van der Waals surface area contributed by atoms with Gasteiger partial charge in [0, 0.05) is 62.1 Å². The SMILES string of the molecule is CC#CCn1cc2c(n1)c(N1C[C@@H](CC)N([C@H](C)c3ccc(C4CC4)nc3)C[C@@H]1CC)cc(=O)n2C. The van der Waals surface area contributed by atoms with Crippen LogP contribution in [0.1, 0.15) is 76.6 Å². The Morgan fingerprint density at radius 1 is 1.14 bits per heavy atom. The highest BCUT2D eigenvalue weighted by molar-refractivity contribution is 5.88. The average Bonchev–Trinajstić information content (AvgIpc) is 3.67. The second-order valence-electron chi connectivity index (χ2n) is 10.4. The molecule has 0 amide bonds. The fraction of sp³-hybridized carbons (Fsp3) is 0.552. The van der Waals surface area contributed by atoms with Crippen molar-refractivity contribution < 1.29 is 0 Å². The first kappa shape index (κ1) is 24.6. The molecule has 7 nitrogen and oxygen atoms in total. The molecule has 1 saturated carbocycles. The van der Waals surface area contributed by atoms with Gasteiger partial charge in [0.15, 0.2) is 0 Å². The topological polar surface area (TPSA) is 59.2 Å². The minimum atomic E-state index is -0.000785. The third kappa shape index (κ3) is 4.55. The summed E-state index contributed by atoms with van der Waals surface area (Å²) in [6.45, 7) is 11.0. The van der Waals surface area contributed by atoms with Crippen LogP contribution in [0, 0.1) is 11.8 Å². The lowest BCUT2D eigenvalue weighted by Gasteiger charge is -2.49. The first-order valence-electron chi connectivity index (χ1n) is 13.4. The molecule has 0 bridgehead atoms. The predicted molar refractivity (Wildman–Crippen MR) is 145 cm³/mol. The van der Waals surface area contributed by atoms with Gasteiger partial charge in [0.1, 0.15) is 12.1 Å². The normalized spacial score (nSPS) is 21.4. The van der Waals surface area contributed by atoms with E-state index >= 15 is 0 Å². The Bertz CT molecular complexity index is 1340. The Balaban J connectivity index is 1.46. The maximum Gasteiger partial charge on any atom is 0.252 e. The maximum absolute atomic E-state index is 13.0. The number of aromatic nitrogens is 4. The van der Waals surface area contributed by atoms with E-state index in [1.54, 1.807) is 10.6 Å². The second-order valence-corrected chi connectivity index (χ2v) is 10.4. The molecular weight excluding hydrogens is 448 g/mol. The van der Waals surface area contributed by atoms with Crippen molar-refractivity contribution in [2.24, 2.45) is 7.05 Å². The van der Waals surface area contributed by atoms with Gasteiger partial charge in [0.2, 0.25) is 0 Å². The molecule has 2 fully saturated rings. The van der Waals surface area contributed by atoms with E-state index in [2.05, 4.69) is 60.7 Å². The van der Waals surface area contributed by atoms with Gasteiger partial charge in [-0.05, 0) is 51.2 Å². The summed E-state index contributed by atoms with van der Waals surface area (Å²) < 4.78 is 3.54. The van der Waals surface area contributed by atoms with E-state index in [1.165, 1.54) is 24.1 Å². The summed E-state index contributed by atoms with van der Waals surface area (Å²) in [6, 6.07) is 7.25. The third-order valence-corrected chi connectivity index (χ3v) is 8.13. The van der Waals surface area contributed by atoms with Gasteiger partial charge in [0.05, 0.1) is 17.4 Å². The molecule has 3 aromatic rings. The molecule has 0 radical (unpaired) electrons. The number of pyridine rings is 2. The minimum absolute atomic E-state index is 0.000785. The molecule has 4 heterocycles. The fourth-order valence-electron chi connectivity index (χ4n) is 5.63. The van der Waals surface area contributed by atoms with E-state index in [-0.39, 0.29) is 5.56 Å². The van der Waals surface area contributed by atoms with E-state index in [1.807, 2.05) is 24.9 Å². The summed E-state index contributed by atoms with van der Waals surface area (Å²) >= 11 is 0. The summed E-state index contributed by atoms with van der Waals surface area (Å²) in [6.07, 6.45) is 8.63. The summed E-state index contributed by atoms with van der Waals surface area (Å²) in [7, 11) is 1.82. The first-order chi connectivity index (χ1) is 17.4. The van der Waals surface area contributed by atoms with E-state index in [4.69, 9.17) is 10.1 Å². The van der Waals surface area contributed by atoms with E-state index in [0.717, 1.165) is 42.7 Å². The van der Waals surface area contributed by atoms with Crippen LogP contribution in [0.5, 0.6) is 0 Å². The number of piperazine rings is 1. The van der Waals surface area contributed by atoms with Crippen molar-refractivity contribution in [1.82, 2.24) is 24.2 Å². The van der Waals surface area contributed by atoms with Crippen LogP contribution in [0.2, 0.25) is 0 Å². The van der Waals surface area contributed by atoms with Gasteiger partial charge < -0.3 is 9.47 Å². The third-order valence-electron chi connectivity index (χ3n) is 8.13. The zero-order valence-corrected chi connectivity index (χ0v) is 22.2. The van der Waals surface area contributed by atoms with Crippen molar-refractivity contribution >= 4 is 16.7 Å². The molecule has 0 spiro atoms. The summed E-state index contributed by atoms with van der Waals surface area (Å²) in [5.74, 6) is 6.69. The van der Waals surface area contributed by atoms with E-state index in [9.17, 15) is 4.79 Å². The van der Waals surface area contributed by atoms with Crippen LogP contribution in [-0.2, 0) is 13.6 Å². The number of hydrogen-bond acceptors (Lipinski definition) is 5. The zero-order valence-electron chi connectivity index (χ0n) is 22.2. The smallest absolute Gasteiger partial charge is 0.252 e. The Kier molecular flexibility index (Phi) is 6.90. The molecule has 3 aromatic heterocycles. The predicted octanol–water partition coefficient (Wildman–Crippen LogP) is 4.47. The second kappa shape index (κ2) is 10.1. The van der Waals surface area contributed by atoms with Crippen molar-refractivity contribution in [2.75, 3.05) is 18.0 Å². The molecule has 0 aromatic carbocycles. The lowest BCUT2D eigenvalue weighted by atomic mass is 9.97. The highest BCUT2D eigenvalue weighted by atomic mass is 16.1. The largest absolute Gasteiger partial charge is 0.364 e. The Labute approximate surface area is 214 Å². The van der Waals surface area contributed by atoms with Gasteiger partial charge in [-0.1, -0.05) is 25.8 Å². The van der Waals surface area contributed by atoms with Crippen LogP contribution in [-0.4, -0.2) is 49.4 Å². The van der Waals surface area contributed by atoms with Gasteiger partial charge in [-0.2, -0.15) is 5.10 Å². The van der Waals surface area contributed by atoms with Crippen LogP contribution in [0.15, 0.2) is 35.4 Å². The minimum Gasteiger partial charge on any atom is -0.364 e. The van der Waals surface area contributed by atoms with Gasteiger partial charge in [-0.3, -0.25) is 19.4 Å². The van der Waals surface area contributed by atoms with Crippen LogP contribution in [0.4, 0.5) is 5.69 Å². The lowest BCUT2D eigenvalue weighted by molar-refractivity contribution is 0.101. The number of fused-ring (bicyclic) bond motifs is 1. The molecule has 190 valence electrons. The highest BCUT2D eigenvalue weighted by Gasteiger charge is 2.36. The molecular formula is C29H38N6O. The van der Waals surface area contributed by atoms with Gasteiger partial charge in [-0.15, -0.1) is 5.92 Å². The lowest BCUT2D eigenvalue weighted by Crippen LogP contribution is -2.58. The average molecular weight is 487 g/mol. The standard InChI is InChI=1S/C29H38N6O/c1-6-9-14-33-19-27-29(31-33)26(15-28(36)32(27)5)35-18-23(7-2)34(17-24(35)8-3)20(4)22-12-13-25(30-16-22)21-10-11-21/h12-13,15-16,19-21,23-24H,7-8,10-11,14,17-18H2,1-5H3/t20-,23-,24+/m1/s1. The van der Waals surface area contributed by atoms with Crippen molar-refractivity contribution in [2.45, 2.75) is 84.0 Å². The van der Waals surface area contributed by atoms with Crippen LogP contribution >= 0.6 is 0 Å². The number of nitrogens with zero attached hydrogens (tertiary/aromatic N) is 6. The molecule has 5 rings (SSSR count). The zero-order chi connectivity index (χ0) is 25.4. The summed E-state index contributed by atoms with van der Waals surface area (Å²) in [5, 5.41) is 4.87. The van der Waals surface area contributed by atoms with E-state index < -0.39 is 0 Å². The maximum atomic E-state index is 13.0. The van der Waals surface area contributed by atoms with Crippen molar-refractivity contribution in [3.8, 4) is 11.8 Å². The molecule has 1 aliphatic heterocycles. The number of hydrogen-bond donors (Lipinski definition) is 0. The van der Waals surface area contributed by atoms with Crippen molar-refractivity contribution in [3.63, 3.8) is 0 Å². The Morgan fingerprint density at radius 2 is 1.92 bits per heavy atom. The molecule has 0 unspecified atom stereocenters. The molecule has 1 saturated heterocycles. The monoisotopic (exact) mass is 486 g/mol. The Morgan fingerprint density at radius 3 is 2.56 bits per heavy atom. The van der Waals surface area contributed by atoms with Gasteiger partial charge in [0.25, 0.3) is 5.56 Å². The number of rotatable bonds is 7. The summed E-state index contributed by atoms with van der Waals surface area (Å²) in [4.78, 5) is 22.8. The van der Waals surface area contributed by atoms with Crippen LogP contribution < -0.4 is 10.5 Å². The first-order valence-corrected chi connectivity index (χ1v) is 13.4. The van der Waals surface area contributed by atoms with Crippen LogP contribution in [0.3, 0.4) is 0 Å². The molecule has 36 heavy (non-hydrogen) atoms. The molecule has 3 atom stereocenters. The van der Waals surface area contributed by atoms with Gasteiger partial charge >= 0.3 is 0 Å². The molecule has 0 N–H and O–H groups in total. The Hall–Kier alpha value is -3.11. The van der Waals surface area contributed by atoms with E-state index in [0.29, 0.717) is 30.6 Å². The summed E-state index contributed by atoms with van der Waals surface area (Å²) in [5.41, 5.74) is 5.21. The quantitative estimate of drug-likeness (QED) is 0.461. The highest BCUT2D eigenvalue weighted by Crippen LogP contribution is 2.39. The van der Waals surface area contributed by atoms with Crippen molar-refractivity contribution in [1.29, 1.82) is 0 Å². The number of aryl methyl sites for hydroxylation is 1. The van der Waals surface area contributed by atoms with Crippen LogP contribution in [0.25, 0.3) is 11.0 Å². The van der Waals surface area contributed by atoms with Crippen molar-refractivity contribution in [3.05, 3.63) is 52.2 Å². The fourth-order valence-corrected chi connectivity index (χ4v) is 5.63. The molecule has 1 aliphatic carbocycles. The molecule has 2 aliphatic rings. The van der Waals surface area contributed by atoms with Gasteiger partial charge in [-0.25, -0.2) is 0 Å². The molecule has 7 heteroatoms. The number of anilines is 1.